The van der Waals surface area contributed by atoms with Crippen LogP contribution in [0.2, 0.25) is 5.02 Å². The van der Waals surface area contributed by atoms with Crippen molar-refractivity contribution in [2.24, 2.45) is 0 Å². The number of amides is 1. The number of hydrogen-bond acceptors (Lipinski definition) is 4. The molecule has 146 valence electrons. The van der Waals surface area contributed by atoms with Crippen LogP contribution in [0.4, 0.5) is 5.69 Å². The van der Waals surface area contributed by atoms with Gasteiger partial charge < -0.3 is 14.5 Å². The molecule has 0 saturated carbocycles. The van der Waals surface area contributed by atoms with Crippen LogP contribution in [-0.2, 0) is 4.79 Å². The van der Waals surface area contributed by atoms with E-state index in [1.807, 2.05) is 32.0 Å². The quantitative estimate of drug-likeness (QED) is 0.470. The van der Waals surface area contributed by atoms with E-state index in [0.717, 1.165) is 11.1 Å². The summed E-state index contributed by atoms with van der Waals surface area (Å²) in [5.74, 6) is 0.317. The second kappa shape index (κ2) is 7.60. The maximum absolute atomic E-state index is 12.7. The first-order chi connectivity index (χ1) is 13.9. The van der Waals surface area contributed by atoms with Gasteiger partial charge in [-0.3, -0.25) is 9.59 Å². The molecule has 29 heavy (non-hydrogen) atoms. The topological polar surface area (TPSA) is 68.5 Å². The summed E-state index contributed by atoms with van der Waals surface area (Å²) in [5, 5.41) is 3.95. The zero-order valence-corrected chi connectivity index (χ0v) is 16.7. The minimum absolute atomic E-state index is 0.131. The maximum atomic E-state index is 12.7. The lowest BCUT2D eigenvalue weighted by molar-refractivity contribution is -0.118. The average molecular weight is 408 g/mol. The van der Waals surface area contributed by atoms with Crippen molar-refractivity contribution >= 4 is 45.1 Å². The average Bonchev–Trinajstić information content (AvgIpc) is 2.70. The third kappa shape index (κ3) is 3.82. The highest BCUT2D eigenvalue weighted by atomic mass is 35.5. The van der Waals surface area contributed by atoms with Crippen LogP contribution < -0.4 is 15.5 Å². The molecule has 1 aromatic heterocycles. The first kappa shape index (κ1) is 19.0. The Kier molecular flexibility index (Phi) is 4.99. The molecule has 0 radical (unpaired) electrons. The highest BCUT2D eigenvalue weighted by Crippen LogP contribution is 2.26. The van der Waals surface area contributed by atoms with Crippen molar-refractivity contribution in [3.8, 4) is 5.75 Å². The molecule has 0 fully saturated rings. The molecule has 0 aliphatic rings. The van der Waals surface area contributed by atoms with Crippen molar-refractivity contribution in [3.05, 3.63) is 81.0 Å². The number of nitrogens with one attached hydrogen (secondary N) is 1. The van der Waals surface area contributed by atoms with E-state index in [2.05, 4.69) is 5.32 Å². The summed E-state index contributed by atoms with van der Waals surface area (Å²) in [6.45, 7) is 3.87. The molecule has 0 aliphatic carbocycles. The molecule has 1 amide bonds. The summed E-state index contributed by atoms with van der Waals surface area (Å²) < 4.78 is 11.4. The lowest BCUT2D eigenvalue weighted by Crippen LogP contribution is -2.20. The number of carbonyl (C=O) groups is 1. The molecule has 1 heterocycles. The third-order valence-corrected chi connectivity index (χ3v) is 5.08. The van der Waals surface area contributed by atoms with Crippen LogP contribution in [0, 0.1) is 13.8 Å². The second-order valence-electron chi connectivity index (χ2n) is 6.84. The molecule has 0 bridgehead atoms. The van der Waals surface area contributed by atoms with E-state index < -0.39 is 0 Å². The molecule has 1 N–H and O–H groups in total. The van der Waals surface area contributed by atoms with Crippen LogP contribution in [0.15, 0.2) is 63.8 Å². The van der Waals surface area contributed by atoms with E-state index in [4.69, 9.17) is 20.8 Å². The zero-order chi connectivity index (χ0) is 20.5. The Morgan fingerprint density at radius 3 is 2.66 bits per heavy atom. The SMILES string of the molecule is Cc1ccc(OCC(=O)Nc2ccc3c(=O)c4cccc(Cl)c4oc3c2)cc1C. The standard InChI is InChI=1S/C23H18ClNO4/c1-13-6-8-16(10-14(13)2)28-12-21(26)25-15-7-9-17-20(11-15)29-23-18(22(17)27)4-3-5-19(23)24/h3-11H,12H2,1-2H3,(H,25,26). The van der Waals surface area contributed by atoms with Gasteiger partial charge in [0.25, 0.3) is 5.91 Å². The van der Waals surface area contributed by atoms with Crippen LogP contribution in [0.25, 0.3) is 21.9 Å². The third-order valence-electron chi connectivity index (χ3n) is 4.78. The van der Waals surface area contributed by atoms with E-state index in [-0.39, 0.29) is 17.9 Å². The van der Waals surface area contributed by atoms with Crippen molar-refractivity contribution in [2.75, 3.05) is 11.9 Å². The van der Waals surface area contributed by atoms with Crippen molar-refractivity contribution in [2.45, 2.75) is 13.8 Å². The van der Waals surface area contributed by atoms with Gasteiger partial charge in [-0.25, -0.2) is 0 Å². The Bertz CT molecular complexity index is 1310. The fraction of sp³-hybridized carbons (Fsp3) is 0.130. The fourth-order valence-corrected chi connectivity index (χ4v) is 3.28. The van der Waals surface area contributed by atoms with Gasteiger partial charge in [-0.05, 0) is 61.4 Å². The fourth-order valence-electron chi connectivity index (χ4n) is 3.07. The van der Waals surface area contributed by atoms with Gasteiger partial charge in [0.1, 0.15) is 11.3 Å². The Morgan fingerprint density at radius 1 is 1.03 bits per heavy atom. The molecule has 4 aromatic rings. The van der Waals surface area contributed by atoms with Gasteiger partial charge in [-0.1, -0.05) is 23.7 Å². The molecule has 5 nitrogen and oxygen atoms in total. The van der Waals surface area contributed by atoms with Crippen LogP contribution in [0.5, 0.6) is 5.75 Å². The van der Waals surface area contributed by atoms with Crippen molar-refractivity contribution in [1.29, 1.82) is 0 Å². The van der Waals surface area contributed by atoms with E-state index in [1.165, 1.54) is 0 Å². The van der Waals surface area contributed by atoms with Gasteiger partial charge in [-0.15, -0.1) is 0 Å². The predicted octanol–water partition coefficient (Wildman–Crippen LogP) is 5.23. The summed E-state index contributed by atoms with van der Waals surface area (Å²) in [6.07, 6.45) is 0. The highest BCUT2D eigenvalue weighted by Gasteiger charge is 2.12. The Hall–Kier alpha value is -3.31. The van der Waals surface area contributed by atoms with Gasteiger partial charge >= 0.3 is 0 Å². The van der Waals surface area contributed by atoms with Crippen LogP contribution in [0.1, 0.15) is 11.1 Å². The lowest BCUT2D eigenvalue weighted by Gasteiger charge is -2.10. The number of hydrogen-bond donors (Lipinski definition) is 1. The van der Waals surface area contributed by atoms with Crippen molar-refractivity contribution < 1.29 is 13.9 Å². The number of fused-ring (bicyclic) bond motifs is 2. The summed E-state index contributed by atoms with van der Waals surface area (Å²) in [4.78, 5) is 24.9. The van der Waals surface area contributed by atoms with Crippen molar-refractivity contribution in [1.82, 2.24) is 0 Å². The normalized spacial score (nSPS) is 11.0. The highest BCUT2D eigenvalue weighted by molar-refractivity contribution is 6.34. The van der Waals surface area contributed by atoms with Crippen LogP contribution in [0.3, 0.4) is 0 Å². The van der Waals surface area contributed by atoms with E-state index in [0.29, 0.717) is 38.4 Å². The first-order valence-electron chi connectivity index (χ1n) is 9.07. The predicted molar refractivity (Wildman–Crippen MR) is 115 cm³/mol. The van der Waals surface area contributed by atoms with Gasteiger partial charge in [0.05, 0.1) is 15.8 Å². The summed E-state index contributed by atoms with van der Waals surface area (Å²) in [5.41, 5.74) is 3.27. The number of aryl methyl sites for hydroxylation is 2. The Balaban J connectivity index is 1.55. The number of carbonyl (C=O) groups excluding carboxylic acids is 1. The summed E-state index contributed by atoms with van der Waals surface area (Å²) in [6, 6.07) is 15.6. The molecule has 0 atom stereocenters. The molecule has 0 aliphatic heterocycles. The van der Waals surface area contributed by atoms with Gasteiger partial charge in [-0.2, -0.15) is 0 Å². The van der Waals surface area contributed by atoms with Gasteiger partial charge in [0, 0.05) is 11.8 Å². The monoisotopic (exact) mass is 407 g/mol. The molecule has 6 heteroatoms. The number of halogens is 1. The molecular formula is C23H18ClNO4. The Labute approximate surface area is 171 Å². The zero-order valence-electron chi connectivity index (χ0n) is 15.9. The molecule has 0 saturated heterocycles. The minimum Gasteiger partial charge on any atom is -0.484 e. The molecule has 3 aromatic carbocycles. The summed E-state index contributed by atoms with van der Waals surface area (Å²) in [7, 11) is 0. The van der Waals surface area contributed by atoms with Crippen molar-refractivity contribution in [3.63, 3.8) is 0 Å². The number of benzene rings is 3. The number of anilines is 1. The van der Waals surface area contributed by atoms with Gasteiger partial charge in [0.15, 0.2) is 12.2 Å². The Morgan fingerprint density at radius 2 is 1.86 bits per heavy atom. The molecule has 4 rings (SSSR count). The largest absolute Gasteiger partial charge is 0.484 e. The van der Waals surface area contributed by atoms with E-state index in [9.17, 15) is 9.59 Å². The molecule has 0 unspecified atom stereocenters. The number of ether oxygens (including phenoxy) is 1. The molecule has 0 spiro atoms. The minimum atomic E-state index is -0.316. The maximum Gasteiger partial charge on any atom is 0.262 e. The van der Waals surface area contributed by atoms with Gasteiger partial charge in [0.2, 0.25) is 5.43 Å². The number of para-hydroxylation sites is 1. The summed E-state index contributed by atoms with van der Waals surface area (Å²) >= 11 is 6.15. The van der Waals surface area contributed by atoms with Crippen LogP contribution in [-0.4, -0.2) is 12.5 Å². The van der Waals surface area contributed by atoms with E-state index in [1.54, 1.807) is 36.4 Å². The van der Waals surface area contributed by atoms with Crippen LogP contribution >= 0.6 is 11.6 Å². The van der Waals surface area contributed by atoms with E-state index >= 15 is 0 Å². The smallest absolute Gasteiger partial charge is 0.262 e. The number of rotatable bonds is 4. The second-order valence-corrected chi connectivity index (χ2v) is 7.25. The molecular weight excluding hydrogens is 390 g/mol. The first-order valence-corrected chi connectivity index (χ1v) is 9.45. The lowest BCUT2D eigenvalue weighted by atomic mass is 10.1.